The van der Waals surface area contributed by atoms with Crippen molar-refractivity contribution in [2.24, 2.45) is 12.8 Å². The lowest BCUT2D eigenvalue weighted by Crippen LogP contribution is -2.48. The molecular formula is C21H22Cl2N6O2. The molecule has 3 aromatic rings. The Morgan fingerprint density at radius 3 is 2.81 bits per heavy atom. The number of amides is 2. The van der Waals surface area contributed by atoms with Gasteiger partial charge in [-0.2, -0.15) is 5.10 Å². The van der Waals surface area contributed by atoms with Crippen LogP contribution in [0, 0.1) is 0 Å². The highest BCUT2D eigenvalue weighted by Crippen LogP contribution is 2.41. The Labute approximate surface area is 188 Å². The van der Waals surface area contributed by atoms with E-state index in [-0.39, 0.29) is 18.4 Å². The summed E-state index contributed by atoms with van der Waals surface area (Å²) in [6.45, 7) is 0.900. The number of halogens is 2. The molecule has 162 valence electrons. The van der Waals surface area contributed by atoms with Crippen LogP contribution < -0.4 is 11.1 Å². The van der Waals surface area contributed by atoms with E-state index < -0.39 is 5.54 Å². The van der Waals surface area contributed by atoms with E-state index in [0.717, 1.165) is 33.4 Å². The zero-order valence-corrected chi connectivity index (χ0v) is 18.5. The van der Waals surface area contributed by atoms with Gasteiger partial charge in [-0.3, -0.25) is 14.3 Å². The Morgan fingerprint density at radius 2 is 2.13 bits per heavy atom. The van der Waals surface area contributed by atoms with Crippen molar-refractivity contribution in [3.63, 3.8) is 0 Å². The van der Waals surface area contributed by atoms with Crippen LogP contribution in [0.25, 0.3) is 22.2 Å². The summed E-state index contributed by atoms with van der Waals surface area (Å²) in [5.74, 6) is -0.401. The maximum absolute atomic E-state index is 12.8. The summed E-state index contributed by atoms with van der Waals surface area (Å²) in [5, 5.41) is 9.02. The van der Waals surface area contributed by atoms with E-state index >= 15 is 0 Å². The number of aromatic amines is 1. The number of H-pyrrole nitrogens is 1. The Balaban J connectivity index is 1.47. The molecule has 8 nitrogen and oxygen atoms in total. The summed E-state index contributed by atoms with van der Waals surface area (Å²) < 4.78 is 1.73. The van der Waals surface area contributed by atoms with Gasteiger partial charge in [0, 0.05) is 55.0 Å². The first kappa shape index (κ1) is 20.4. The maximum Gasteiger partial charge on any atom is 0.242 e. The van der Waals surface area contributed by atoms with Gasteiger partial charge in [-0.25, -0.2) is 0 Å². The fraction of sp³-hybridized carbons (Fsp3) is 0.381. The predicted molar refractivity (Wildman–Crippen MR) is 119 cm³/mol. The van der Waals surface area contributed by atoms with Crippen molar-refractivity contribution in [2.45, 2.75) is 31.3 Å². The van der Waals surface area contributed by atoms with Crippen LogP contribution in [0.3, 0.4) is 0 Å². The second-order valence-electron chi connectivity index (χ2n) is 8.33. The minimum Gasteiger partial charge on any atom is -0.357 e. The fourth-order valence-electron chi connectivity index (χ4n) is 4.12. The van der Waals surface area contributed by atoms with Gasteiger partial charge in [-0.05, 0) is 25.0 Å². The maximum atomic E-state index is 12.8. The van der Waals surface area contributed by atoms with Crippen molar-refractivity contribution in [3.05, 3.63) is 39.6 Å². The number of carbonyl (C=O) groups excluding carboxylic acids is 2. The summed E-state index contributed by atoms with van der Waals surface area (Å²) in [6.07, 6.45) is 3.84. The van der Waals surface area contributed by atoms with E-state index in [0.29, 0.717) is 42.4 Å². The first-order valence-corrected chi connectivity index (χ1v) is 10.9. The fourth-order valence-corrected chi connectivity index (χ4v) is 4.52. The molecule has 0 saturated heterocycles. The van der Waals surface area contributed by atoms with E-state index in [4.69, 9.17) is 28.9 Å². The molecule has 0 unspecified atom stereocenters. The molecule has 2 amide bonds. The smallest absolute Gasteiger partial charge is 0.242 e. The number of rotatable bonds is 4. The summed E-state index contributed by atoms with van der Waals surface area (Å²) in [6, 6.07) is 3.74. The monoisotopic (exact) mass is 460 g/mol. The van der Waals surface area contributed by atoms with Gasteiger partial charge in [0.05, 0.1) is 33.3 Å². The molecule has 1 aromatic carbocycles. The lowest BCUT2D eigenvalue weighted by atomic mass is 9.99. The van der Waals surface area contributed by atoms with Crippen LogP contribution in [-0.4, -0.2) is 50.1 Å². The molecule has 0 spiro atoms. The molecule has 1 aliphatic carbocycles. The highest BCUT2D eigenvalue weighted by molar-refractivity contribution is 6.45. The quantitative estimate of drug-likeness (QED) is 0.554. The van der Waals surface area contributed by atoms with E-state index in [1.807, 2.05) is 25.4 Å². The predicted octanol–water partition coefficient (Wildman–Crippen LogP) is 2.37. The average molecular weight is 461 g/mol. The van der Waals surface area contributed by atoms with Crippen LogP contribution in [0.15, 0.2) is 18.3 Å². The number of nitrogens with two attached hydrogens (primary N) is 1. The largest absolute Gasteiger partial charge is 0.357 e. The second kappa shape index (κ2) is 7.25. The Morgan fingerprint density at radius 1 is 1.35 bits per heavy atom. The number of benzene rings is 1. The summed E-state index contributed by atoms with van der Waals surface area (Å²) >= 11 is 12.9. The molecule has 0 atom stereocenters. The Kier molecular flexibility index (Phi) is 4.76. The van der Waals surface area contributed by atoms with E-state index in [2.05, 4.69) is 15.4 Å². The molecule has 1 aliphatic heterocycles. The normalized spacial score (nSPS) is 17.0. The van der Waals surface area contributed by atoms with Gasteiger partial charge < -0.3 is 20.9 Å². The van der Waals surface area contributed by atoms with Crippen molar-refractivity contribution in [1.82, 2.24) is 25.0 Å². The van der Waals surface area contributed by atoms with Gasteiger partial charge in [0.15, 0.2) is 0 Å². The first-order chi connectivity index (χ1) is 14.8. The molecule has 10 heteroatoms. The van der Waals surface area contributed by atoms with Crippen LogP contribution in [-0.2, 0) is 29.6 Å². The summed E-state index contributed by atoms with van der Waals surface area (Å²) in [5.41, 5.74) is 9.53. The number of aromatic nitrogens is 3. The molecule has 2 aromatic heterocycles. The Hall–Kier alpha value is -2.55. The van der Waals surface area contributed by atoms with Gasteiger partial charge >= 0.3 is 0 Å². The van der Waals surface area contributed by atoms with Crippen molar-refractivity contribution in [1.29, 1.82) is 0 Å². The lowest BCUT2D eigenvalue weighted by molar-refractivity contribution is -0.134. The van der Waals surface area contributed by atoms with Gasteiger partial charge in [0.2, 0.25) is 11.8 Å². The number of fused-ring (bicyclic) bond motifs is 3. The molecule has 1 saturated carbocycles. The number of hydrogen-bond acceptors (Lipinski definition) is 4. The highest BCUT2D eigenvalue weighted by atomic mass is 35.5. The van der Waals surface area contributed by atoms with Gasteiger partial charge in [-0.1, -0.05) is 23.2 Å². The Bertz CT molecular complexity index is 1230. The van der Waals surface area contributed by atoms with Crippen molar-refractivity contribution >= 4 is 45.9 Å². The minimum absolute atomic E-state index is 0.0604. The number of nitrogens with zero attached hydrogens (tertiary/aromatic N) is 3. The van der Waals surface area contributed by atoms with Gasteiger partial charge in [0.25, 0.3) is 0 Å². The number of aryl methyl sites for hydroxylation is 1. The van der Waals surface area contributed by atoms with Crippen molar-refractivity contribution < 1.29 is 9.59 Å². The third-order valence-corrected chi connectivity index (χ3v) is 6.91. The van der Waals surface area contributed by atoms with E-state index in [1.54, 1.807) is 9.58 Å². The summed E-state index contributed by atoms with van der Waals surface area (Å²) in [4.78, 5) is 30.0. The SMILES string of the molecule is Cn1ccc(-c2cc(Cl)c(Cl)c3[nH]c4c(c23)CN(C(=O)CNC(=O)C2(N)CC2)CC4)n1. The molecule has 0 bridgehead atoms. The van der Waals surface area contributed by atoms with Crippen LogP contribution in [0.1, 0.15) is 24.1 Å². The molecule has 0 radical (unpaired) electrons. The van der Waals surface area contributed by atoms with Crippen LogP contribution >= 0.6 is 23.2 Å². The van der Waals surface area contributed by atoms with Crippen molar-refractivity contribution in [2.75, 3.05) is 13.1 Å². The molecule has 2 aliphatic rings. The van der Waals surface area contributed by atoms with E-state index in [1.165, 1.54) is 0 Å². The standard InChI is InChI=1S/C21H22Cl2N6O2/c1-28-6-2-15(27-28)11-8-13(22)18(23)19-17(11)12-10-29(7-3-14(12)26-19)16(30)9-25-20(31)21(24)4-5-21/h2,6,8,26H,3-5,7,9-10,24H2,1H3,(H,25,31). The zero-order valence-electron chi connectivity index (χ0n) is 17.0. The number of hydrogen-bond donors (Lipinski definition) is 3. The third-order valence-electron chi connectivity index (χ3n) is 6.13. The summed E-state index contributed by atoms with van der Waals surface area (Å²) in [7, 11) is 1.85. The number of carbonyl (C=O) groups is 2. The van der Waals surface area contributed by atoms with Crippen LogP contribution in [0.2, 0.25) is 10.0 Å². The topological polar surface area (TPSA) is 109 Å². The molecule has 31 heavy (non-hydrogen) atoms. The van der Waals surface area contributed by atoms with Crippen LogP contribution in [0.4, 0.5) is 0 Å². The minimum atomic E-state index is -0.792. The molecule has 4 N–H and O–H groups in total. The van der Waals surface area contributed by atoms with Gasteiger partial charge in [0.1, 0.15) is 0 Å². The lowest BCUT2D eigenvalue weighted by Gasteiger charge is -2.28. The van der Waals surface area contributed by atoms with Gasteiger partial charge in [-0.15, -0.1) is 0 Å². The highest BCUT2D eigenvalue weighted by Gasteiger charge is 2.46. The zero-order chi connectivity index (χ0) is 21.9. The van der Waals surface area contributed by atoms with Crippen LogP contribution in [0.5, 0.6) is 0 Å². The van der Waals surface area contributed by atoms with E-state index in [9.17, 15) is 9.59 Å². The third kappa shape index (κ3) is 3.48. The molecule has 5 rings (SSSR count). The molecular weight excluding hydrogens is 439 g/mol. The molecule has 1 fully saturated rings. The van der Waals surface area contributed by atoms with Crippen molar-refractivity contribution in [3.8, 4) is 11.3 Å². The molecule has 3 heterocycles. The number of nitrogens with one attached hydrogen (secondary N) is 2. The second-order valence-corrected chi connectivity index (χ2v) is 9.12. The average Bonchev–Trinajstić information content (AvgIpc) is 3.19. The first-order valence-electron chi connectivity index (χ1n) is 10.1.